The summed E-state index contributed by atoms with van der Waals surface area (Å²) in [6, 6.07) is 0. The van der Waals surface area contributed by atoms with Gasteiger partial charge in [-0.15, -0.1) is 12.4 Å². The average Bonchev–Trinajstić information content (AvgIpc) is 2.16. The van der Waals surface area contributed by atoms with Gasteiger partial charge in [0.05, 0.1) is 0 Å². The molecule has 0 aromatic carbocycles. The second-order valence-electron chi connectivity index (χ2n) is 3.92. The van der Waals surface area contributed by atoms with Crippen molar-refractivity contribution >= 4 is 30.3 Å². The Morgan fingerprint density at radius 2 is 0.765 bits per heavy atom. The van der Waals surface area contributed by atoms with E-state index < -0.39 is 0 Å². The standard InChI is InChI=1S/C9H18N6.Au.ClH/c1-13(2)7-10-8(14(3)4)12-9(11-7)15(5)6;;/h1-6H3;;1H. The maximum atomic E-state index is 4.32. The van der Waals surface area contributed by atoms with Crippen molar-refractivity contribution in [3.63, 3.8) is 0 Å². The maximum absolute atomic E-state index is 4.32. The molecule has 1 radical (unpaired) electrons. The van der Waals surface area contributed by atoms with E-state index in [9.17, 15) is 0 Å². The van der Waals surface area contributed by atoms with Crippen molar-refractivity contribution in [2.45, 2.75) is 0 Å². The van der Waals surface area contributed by atoms with Crippen molar-refractivity contribution < 1.29 is 22.4 Å². The minimum atomic E-state index is 0. The van der Waals surface area contributed by atoms with Gasteiger partial charge >= 0.3 is 0 Å². The zero-order chi connectivity index (χ0) is 11.6. The van der Waals surface area contributed by atoms with Gasteiger partial charge in [-0.2, -0.15) is 15.0 Å². The zero-order valence-corrected chi connectivity index (χ0v) is 13.9. The largest absolute Gasteiger partial charge is 0.347 e. The third-order valence-electron chi connectivity index (χ3n) is 1.80. The Labute approximate surface area is 124 Å². The molecule has 0 amide bonds. The van der Waals surface area contributed by atoms with Gasteiger partial charge in [-0.05, 0) is 0 Å². The number of hydrogen-bond acceptors (Lipinski definition) is 6. The Bertz CT molecular complexity index is 280. The van der Waals surface area contributed by atoms with Crippen LogP contribution in [0.3, 0.4) is 0 Å². The van der Waals surface area contributed by atoms with Crippen molar-refractivity contribution in [2.24, 2.45) is 0 Å². The van der Waals surface area contributed by atoms with E-state index in [4.69, 9.17) is 0 Å². The molecule has 0 unspecified atom stereocenters. The fourth-order valence-electron chi connectivity index (χ4n) is 0.943. The Morgan fingerprint density at radius 1 is 0.588 bits per heavy atom. The second-order valence-corrected chi connectivity index (χ2v) is 3.92. The molecule has 0 aliphatic carbocycles. The SMILES string of the molecule is CN(C)c1nc(N(C)C)nc(N(C)C)n1.Cl.[Au]. The fraction of sp³-hybridized carbons (Fsp3) is 0.667. The normalized spacial score (nSPS) is 8.82. The summed E-state index contributed by atoms with van der Waals surface area (Å²) in [6.45, 7) is 0. The quantitative estimate of drug-likeness (QED) is 0.634. The van der Waals surface area contributed by atoms with Crippen LogP contribution in [0.1, 0.15) is 0 Å². The molecular weight excluding hydrogens is 425 g/mol. The molecule has 0 atom stereocenters. The van der Waals surface area contributed by atoms with E-state index in [1.54, 1.807) is 0 Å². The van der Waals surface area contributed by atoms with Crippen molar-refractivity contribution in [1.82, 2.24) is 15.0 Å². The molecule has 1 aromatic heterocycles. The van der Waals surface area contributed by atoms with Gasteiger partial charge in [0.1, 0.15) is 0 Å². The number of nitrogens with zero attached hydrogens (tertiary/aromatic N) is 6. The van der Waals surface area contributed by atoms with Gasteiger partial charge in [0.2, 0.25) is 17.8 Å². The molecular formula is C9H19AuClN6. The Kier molecular flexibility index (Phi) is 8.52. The Balaban J connectivity index is 0. The molecule has 1 aromatic rings. The van der Waals surface area contributed by atoms with Crippen molar-refractivity contribution in [3.8, 4) is 0 Å². The van der Waals surface area contributed by atoms with Gasteiger partial charge in [0, 0.05) is 64.7 Å². The topological polar surface area (TPSA) is 48.4 Å². The van der Waals surface area contributed by atoms with E-state index in [1.807, 2.05) is 57.0 Å². The van der Waals surface area contributed by atoms with Crippen LogP contribution in [0.5, 0.6) is 0 Å². The van der Waals surface area contributed by atoms with Crippen molar-refractivity contribution in [1.29, 1.82) is 0 Å². The molecule has 0 fully saturated rings. The smallest absolute Gasteiger partial charge is 0.231 e. The monoisotopic (exact) mass is 443 g/mol. The van der Waals surface area contributed by atoms with Crippen LogP contribution >= 0.6 is 12.4 Å². The summed E-state index contributed by atoms with van der Waals surface area (Å²) in [6.07, 6.45) is 0. The third-order valence-corrected chi connectivity index (χ3v) is 1.80. The van der Waals surface area contributed by atoms with Gasteiger partial charge < -0.3 is 14.7 Å². The number of rotatable bonds is 3. The van der Waals surface area contributed by atoms with E-state index in [0.29, 0.717) is 17.8 Å². The van der Waals surface area contributed by atoms with E-state index in [0.717, 1.165) is 0 Å². The fourth-order valence-corrected chi connectivity index (χ4v) is 0.943. The molecule has 17 heavy (non-hydrogen) atoms. The van der Waals surface area contributed by atoms with Crippen LogP contribution in [0, 0.1) is 0 Å². The molecule has 103 valence electrons. The van der Waals surface area contributed by atoms with Crippen LogP contribution in [0.25, 0.3) is 0 Å². The summed E-state index contributed by atoms with van der Waals surface area (Å²) in [5, 5.41) is 0. The van der Waals surface area contributed by atoms with Crippen LogP contribution < -0.4 is 14.7 Å². The minimum Gasteiger partial charge on any atom is -0.347 e. The molecule has 1 rings (SSSR count). The van der Waals surface area contributed by atoms with Crippen LogP contribution in [0.4, 0.5) is 17.8 Å². The summed E-state index contributed by atoms with van der Waals surface area (Å²) in [5.41, 5.74) is 0. The summed E-state index contributed by atoms with van der Waals surface area (Å²) in [4.78, 5) is 18.5. The molecule has 0 spiro atoms. The van der Waals surface area contributed by atoms with Crippen LogP contribution in [-0.2, 0) is 22.4 Å². The first-order chi connectivity index (χ1) is 6.91. The molecule has 1 heterocycles. The number of anilines is 3. The number of halogens is 1. The predicted octanol–water partition coefficient (Wildman–Crippen LogP) is 0.489. The van der Waals surface area contributed by atoms with E-state index in [-0.39, 0.29) is 34.8 Å². The molecule has 8 heteroatoms. The molecule has 0 aliphatic heterocycles. The van der Waals surface area contributed by atoms with Gasteiger partial charge in [0.25, 0.3) is 0 Å². The summed E-state index contributed by atoms with van der Waals surface area (Å²) in [7, 11) is 11.5. The van der Waals surface area contributed by atoms with Gasteiger partial charge in [-0.1, -0.05) is 0 Å². The van der Waals surface area contributed by atoms with Gasteiger partial charge in [-0.3, -0.25) is 0 Å². The molecule has 0 bridgehead atoms. The predicted molar refractivity (Wildman–Crippen MR) is 70.1 cm³/mol. The van der Waals surface area contributed by atoms with E-state index in [1.165, 1.54) is 0 Å². The van der Waals surface area contributed by atoms with Gasteiger partial charge in [-0.25, -0.2) is 0 Å². The summed E-state index contributed by atoms with van der Waals surface area (Å²) in [5.74, 6) is 1.99. The second kappa shape index (κ2) is 7.71. The Hall–Kier alpha value is -0.560. The Morgan fingerprint density at radius 3 is 0.882 bits per heavy atom. The van der Waals surface area contributed by atoms with E-state index >= 15 is 0 Å². The van der Waals surface area contributed by atoms with Crippen LogP contribution in [0.15, 0.2) is 0 Å². The van der Waals surface area contributed by atoms with E-state index in [2.05, 4.69) is 15.0 Å². The maximum Gasteiger partial charge on any atom is 0.231 e. The zero-order valence-electron chi connectivity index (χ0n) is 10.9. The number of aromatic nitrogens is 3. The van der Waals surface area contributed by atoms with Crippen molar-refractivity contribution in [3.05, 3.63) is 0 Å². The minimum absolute atomic E-state index is 0. The van der Waals surface area contributed by atoms with Crippen molar-refractivity contribution in [2.75, 3.05) is 57.0 Å². The van der Waals surface area contributed by atoms with Crippen LogP contribution in [-0.4, -0.2) is 57.2 Å². The third kappa shape index (κ3) is 5.08. The first-order valence-electron chi connectivity index (χ1n) is 4.70. The molecule has 0 aliphatic rings. The molecule has 0 saturated heterocycles. The average molecular weight is 444 g/mol. The summed E-state index contributed by atoms with van der Waals surface area (Å²) < 4.78 is 0. The first kappa shape index (κ1) is 18.8. The molecule has 0 N–H and O–H groups in total. The first-order valence-corrected chi connectivity index (χ1v) is 4.70. The van der Waals surface area contributed by atoms with Crippen LogP contribution in [0.2, 0.25) is 0 Å². The molecule has 0 saturated carbocycles. The molecule has 6 nitrogen and oxygen atoms in total. The number of hydrogen-bond donors (Lipinski definition) is 0. The van der Waals surface area contributed by atoms with Gasteiger partial charge in [0.15, 0.2) is 0 Å². The summed E-state index contributed by atoms with van der Waals surface area (Å²) >= 11 is 0.